The minimum atomic E-state index is -3.41. The second-order valence-electron chi connectivity index (χ2n) is 10.2. The lowest BCUT2D eigenvalue weighted by molar-refractivity contribution is -0.0889. The molecule has 7 nitrogen and oxygen atoms in total. The molecule has 1 atom stereocenters. The van der Waals surface area contributed by atoms with Crippen molar-refractivity contribution in [2.75, 3.05) is 13.1 Å². The van der Waals surface area contributed by atoms with Crippen LogP contribution >= 0.6 is 0 Å². The van der Waals surface area contributed by atoms with Gasteiger partial charge in [-0.2, -0.15) is 0 Å². The van der Waals surface area contributed by atoms with Crippen molar-refractivity contribution < 1.29 is 41.0 Å². The van der Waals surface area contributed by atoms with Crippen LogP contribution in [0.5, 0.6) is 5.75 Å². The Balaban J connectivity index is 1.49. The predicted octanol–water partition coefficient (Wildman–Crippen LogP) is 5.97. The highest BCUT2D eigenvalue weighted by Crippen LogP contribution is 2.32. The number of likely N-dealkylation sites (tertiary alicyclic amines) is 1. The number of halogens is 4. The molecule has 38 heavy (non-hydrogen) atoms. The molecule has 1 saturated heterocycles. The first kappa shape index (κ1) is 27.3. The zero-order chi connectivity index (χ0) is 27.8. The van der Waals surface area contributed by atoms with Gasteiger partial charge in [-0.15, -0.1) is 0 Å². The molecular formula is C27H28F4N2O5. The third-order valence-corrected chi connectivity index (χ3v) is 6.06. The van der Waals surface area contributed by atoms with Crippen LogP contribution in [0.1, 0.15) is 48.9 Å². The standard InChI is InChI=1S/C27H28F4N2O5/c1-15-23(24(34)32-22-10-11-33(14-27(22,30)31)25(35)38-26(2,3)4)17-12-16(8-9-21(17)37-15)36-13-18-19(28)6-5-7-20(18)29/h5-9,12,22H,10-11,13-14H2,1-4H3,(H,32,34). The molecular weight excluding hydrogens is 508 g/mol. The minimum Gasteiger partial charge on any atom is -0.489 e. The van der Waals surface area contributed by atoms with Crippen molar-refractivity contribution in [3.8, 4) is 5.75 Å². The van der Waals surface area contributed by atoms with Crippen LogP contribution in [0.4, 0.5) is 22.4 Å². The summed E-state index contributed by atoms with van der Waals surface area (Å²) in [7, 11) is 0. The summed E-state index contributed by atoms with van der Waals surface area (Å²) in [4.78, 5) is 26.3. The molecule has 0 saturated carbocycles. The van der Waals surface area contributed by atoms with Crippen molar-refractivity contribution in [1.82, 2.24) is 10.2 Å². The van der Waals surface area contributed by atoms with Gasteiger partial charge >= 0.3 is 6.09 Å². The number of fused-ring (bicyclic) bond motifs is 1. The van der Waals surface area contributed by atoms with E-state index in [2.05, 4.69) is 5.32 Å². The number of carbonyl (C=O) groups is 2. The lowest BCUT2D eigenvalue weighted by Gasteiger charge is -2.38. The molecule has 1 unspecified atom stereocenters. The first-order valence-electron chi connectivity index (χ1n) is 12.0. The summed E-state index contributed by atoms with van der Waals surface area (Å²) in [6.07, 6.45) is -1.03. The zero-order valence-corrected chi connectivity index (χ0v) is 21.4. The number of nitrogens with one attached hydrogen (secondary N) is 1. The molecule has 1 aromatic heterocycles. The maximum atomic E-state index is 15.0. The Hall–Kier alpha value is -3.76. The zero-order valence-electron chi connectivity index (χ0n) is 21.4. The topological polar surface area (TPSA) is 81.0 Å². The summed E-state index contributed by atoms with van der Waals surface area (Å²) in [5.41, 5.74) is -0.742. The normalized spacial score (nSPS) is 17.4. The number of carbonyl (C=O) groups excluding carboxylic acids is 2. The number of hydrogen-bond donors (Lipinski definition) is 1. The minimum absolute atomic E-state index is 0.0227. The number of piperidine rings is 1. The molecule has 3 aromatic rings. The number of furan rings is 1. The smallest absolute Gasteiger partial charge is 0.410 e. The van der Waals surface area contributed by atoms with Crippen LogP contribution in [0, 0.1) is 18.6 Å². The SMILES string of the molecule is Cc1oc2ccc(OCc3c(F)cccc3F)cc2c1C(=O)NC1CCN(C(=O)OC(C)(C)C)CC1(F)F. The Bertz CT molecular complexity index is 1350. The van der Waals surface area contributed by atoms with Gasteiger partial charge in [0.25, 0.3) is 11.8 Å². The van der Waals surface area contributed by atoms with Gasteiger partial charge in [0.15, 0.2) is 0 Å². The summed E-state index contributed by atoms with van der Waals surface area (Å²) in [6, 6.07) is 6.40. The summed E-state index contributed by atoms with van der Waals surface area (Å²) >= 11 is 0. The van der Waals surface area contributed by atoms with E-state index < -0.39 is 54.4 Å². The van der Waals surface area contributed by atoms with Crippen molar-refractivity contribution in [2.24, 2.45) is 0 Å². The van der Waals surface area contributed by atoms with Crippen LogP contribution in [0.15, 0.2) is 40.8 Å². The molecule has 0 bridgehead atoms. The number of nitrogens with zero attached hydrogens (tertiary/aromatic N) is 1. The van der Waals surface area contributed by atoms with E-state index in [9.17, 15) is 27.2 Å². The maximum absolute atomic E-state index is 15.0. The maximum Gasteiger partial charge on any atom is 0.410 e. The largest absolute Gasteiger partial charge is 0.489 e. The molecule has 0 radical (unpaired) electrons. The molecule has 0 aliphatic carbocycles. The van der Waals surface area contributed by atoms with Crippen LogP contribution in [0.2, 0.25) is 0 Å². The molecule has 1 N–H and O–H groups in total. The third kappa shape index (κ3) is 5.87. The Morgan fingerprint density at radius 2 is 1.84 bits per heavy atom. The van der Waals surface area contributed by atoms with Gasteiger partial charge in [0, 0.05) is 11.9 Å². The first-order valence-corrected chi connectivity index (χ1v) is 12.0. The Kier molecular flexibility index (Phi) is 7.31. The fraction of sp³-hybridized carbons (Fsp3) is 0.407. The van der Waals surface area contributed by atoms with Crippen molar-refractivity contribution in [3.63, 3.8) is 0 Å². The van der Waals surface area contributed by atoms with Gasteiger partial charge in [0.05, 0.1) is 23.7 Å². The monoisotopic (exact) mass is 536 g/mol. The van der Waals surface area contributed by atoms with E-state index in [1.165, 1.54) is 31.2 Å². The highest BCUT2D eigenvalue weighted by atomic mass is 19.3. The number of amides is 2. The van der Waals surface area contributed by atoms with E-state index in [4.69, 9.17) is 13.9 Å². The molecule has 11 heteroatoms. The molecule has 2 heterocycles. The van der Waals surface area contributed by atoms with Crippen LogP contribution in [0.25, 0.3) is 11.0 Å². The highest BCUT2D eigenvalue weighted by Gasteiger charge is 2.47. The Morgan fingerprint density at radius 1 is 1.16 bits per heavy atom. The number of aryl methyl sites for hydroxylation is 1. The molecule has 2 amide bonds. The summed E-state index contributed by atoms with van der Waals surface area (Å²) in [5.74, 6) is -5.31. The Morgan fingerprint density at radius 3 is 2.47 bits per heavy atom. The number of alkyl halides is 2. The number of hydrogen-bond acceptors (Lipinski definition) is 5. The van der Waals surface area contributed by atoms with Gasteiger partial charge < -0.3 is 24.1 Å². The van der Waals surface area contributed by atoms with E-state index in [0.717, 1.165) is 17.0 Å². The van der Waals surface area contributed by atoms with Crippen molar-refractivity contribution >= 4 is 23.0 Å². The lowest BCUT2D eigenvalue weighted by Crippen LogP contribution is -2.59. The molecule has 2 aromatic carbocycles. The van der Waals surface area contributed by atoms with E-state index in [1.807, 2.05) is 0 Å². The van der Waals surface area contributed by atoms with Crippen molar-refractivity contribution in [1.29, 1.82) is 0 Å². The lowest BCUT2D eigenvalue weighted by atomic mass is 10.00. The fourth-order valence-electron chi connectivity index (χ4n) is 4.23. The van der Waals surface area contributed by atoms with E-state index in [0.29, 0.717) is 11.0 Å². The molecule has 204 valence electrons. The molecule has 4 rings (SSSR count). The van der Waals surface area contributed by atoms with Gasteiger partial charge in [0.1, 0.15) is 40.9 Å². The average molecular weight is 537 g/mol. The quantitative estimate of drug-likeness (QED) is 0.406. The van der Waals surface area contributed by atoms with Crippen LogP contribution < -0.4 is 10.1 Å². The van der Waals surface area contributed by atoms with Gasteiger partial charge in [-0.1, -0.05) is 6.07 Å². The molecule has 1 aliphatic heterocycles. The Labute approximate surface area is 216 Å². The van der Waals surface area contributed by atoms with Crippen molar-refractivity contribution in [3.05, 3.63) is 64.9 Å². The molecule has 1 aliphatic rings. The second kappa shape index (κ2) is 10.2. The van der Waals surface area contributed by atoms with Gasteiger partial charge in [-0.05, 0) is 64.4 Å². The third-order valence-electron chi connectivity index (χ3n) is 6.06. The summed E-state index contributed by atoms with van der Waals surface area (Å²) < 4.78 is 74.1. The van der Waals surface area contributed by atoms with Gasteiger partial charge in [-0.25, -0.2) is 22.4 Å². The summed E-state index contributed by atoms with van der Waals surface area (Å²) in [6.45, 7) is 5.12. The number of ether oxygens (including phenoxy) is 2. The number of rotatable bonds is 5. The fourth-order valence-corrected chi connectivity index (χ4v) is 4.23. The first-order chi connectivity index (χ1) is 17.7. The van der Waals surface area contributed by atoms with Gasteiger partial charge in [0.2, 0.25) is 0 Å². The molecule has 0 spiro atoms. The molecule has 1 fully saturated rings. The predicted molar refractivity (Wildman–Crippen MR) is 130 cm³/mol. The second-order valence-corrected chi connectivity index (χ2v) is 10.2. The van der Waals surface area contributed by atoms with Crippen LogP contribution in [0.3, 0.4) is 0 Å². The highest BCUT2D eigenvalue weighted by molar-refractivity contribution is 6.07. The summed E-state index contributed by atoms with van der Waals surface area (Å²) in [5, 5.41) is 2.67. The van der Waals surface area contributed by atoms with Crippen LogP contribution in [-0.4, -0.2) is 47.6 Å². The van der Waals surface area contributed by atoms with E-state index in [-0.39, 0.29) is 35.6 Å². The van der Waals surface area contributed by atoms with E-state index in [1.54, 1.807) is 20.8 Å². The number of benzene rings is 2. The van der Waals surface area contributed by atoms with Crippen LogP contribution in [-0.2, 0) is 11.3 Å². The van der Waals surface area contributed by atoms with E-state index >= 15 is 0 Å². The van der Waals surface area contributed by atoms with Gasteiger partial charge in [-0.3, -0.25) is 4.79 Å². The average Bonchev–Trinajstić information content (AvgIpc) is 3.13. The van der Waals surface area contributed by atoms with Crippen molar-refractivity contribution in [2.45, 2.75) is 58.3 Å².